The first-order chi connectivity index (χ1) is 16.3. The van der Waals surface area contributed by atoms with Gasteiger partial charge in [0.15, 0.2) is 0 Å². The lowest BCUT2D eigenvalue weighted by molar-refractivity contribution is -0.201. The van der Waals surface area contributed by atoms with Crippen molar-refractivity contribution in [2.75, 3.05) is 13.2 Å². The van der Waals surface area contributed by atoms with E-state index in [0.717, 1.165) is 30.6 Å². The number of halogens is 3. The van der Waals surface area contributed by atoms with E-state index in [1.807, 2.05) is 30.3 Å². The molecule has 0 heterocycles. The molecule has 1 N–H and O–H groups in total. The number of carbonyl (C=O) groups is 2. The predicted molar refractivity (Wildman–Crippen MR) is 123 cm³/mol. The molecule has 0 saturated carbocycles. The van der Waals surface area contributed by atoms with Gasteiger partial charge in [0.25, 0.3) is 0 Å². The van der Waals surface area contributed by atoms with Crippen molar-refractivity contribution < 1.29 is 32.2 Å². The molecule has 0 unspecified atom stereocenters. The summed E-state index contributed by atoms with van der Waals surface area (Å²) in [5.41, 5.74) is 2.31. The zero-order chi connectivity index (χ0) is 24.7. The van der Waals surface area contributed by atoms with Crippen LogP contribution in [0.2, 0.25) is 0 Å². The van der Waals surface area contributed by atoms with Crippen LogP contribution in [0.5, 0.6) is 5.75 Å². The summed E-state index contributed by atoms with van der Waals surface area (Å²) in [7, 11) is 0. The van der Waals surface area contributed by atoms with Gasteiger partial charge in [-0.05, 0) is 42.5 Å². The van der Waals surface area contributed by atoms with Gasteiger partial charge in [-0.2, -0.15) is 13.2 Å². The van der Waals surface area contributed by atoms with Crippen LogP contribution >= 0.6 is 0 Å². The smallest absolute Gasteiger partial charge is 0.491 e. The molecule has 0 saturated heterocycles. The summed E-state index contributed by atoms with van der Waals surface area (Å²) in [6.45, 7) is 1.13. The highest BCUT2D eigenvalue weighted by atomic mass is 19.4. The number of rotatable bonds is 15. The van der Waals surface area contributed by atoms with Crippen LogP contribution in [0.4, 0.5) is 13.2 Å². The molecule has 0 aromatic heterocycles. The van der Waals surface area contributed by atoms with Crippen LogP contribution in [-0.2, 0) is 27.3 Å². The highest BCUT2D eigenvalue weighted by Gasteiger charge is 2.42. The predicted octanol–water partition coefficient (Wildman–Crippen LogP) is 5.76. The molecule has 34 heavy (non-hydrogen) atoms. The summed E-state index contributed by atoms with van der Waals surface area (Å²) in [5, 5.41) is 2.93. The van der Waals surface area contributed by atoms with Gasteiger partial charge in [-0.3, -0.25) is 4.79 Å². The second kappa shape index (κ2) is 15.1. The molecule has 0 aliphatic heterocycles. The fraction of sp³-hybridized carbons (Fsp3) is 0.462. The van der Waals surface area contributed by atoms with E-state index >= 15 is 0 Å². The number of alkyl halides is 3. The van der Waals surface area contributed by atoms with Gasteiger partial charge in [0.1, 0.15) is 5.75 Å². The first kappa shape index (κ1) is 27.4. The van der Waals surface area contributed by atoms with Crippen molar-refractivity contribution in [3.8, 4) is 5.75 Å². The van der Waals surface area contributed by atoms with Crippen molar-refractivity contribution in [2.24, 2.45) is 0 Å². The molecule has 0 fully saturated rings. The molecule has 2 rings (SSSR count). The van der Waals surface area contributed by atoms with Crippen molar-refractivity contribution in [2.45, 2.75) is 64.1 Å². The average Bonchev–Trinajstić information content (AvgIpc) is 2.81. The Balaban J connectivity index is 1.50. The van der Waals surface area contributed by atoms with E-state index in [2.05, 4.69) is 34.3 Å². The number of benzene rings is 2. The SMILES string of the molecule is O=C(CCNCc1cccc(OCCCCCCCCc2ccccc2)c1)OC(=O)C(F)(F)F. The van der Waals surface area contributed by atoms with E-state index in [4.69, 9.17) is 4.74 Å². The lowest BCUT2D eigenvalue weighted by atomic mass is 10.1. The minimum absolute atomic E-state index is 0.0837. The average molecular weight is 480 g/mol. The number of carbonyl (C=O) groups excluding carboxylic acids is 2. The number of aryl methyl sites for hydroxylation is 1. The van der Waals surface area contributed by atoms with Crippen LogP contribution in [0, 0.1) is 0 Å². The van der Waals surface area contributed by atoms with Gasteiger partial charge in [-0.25, -0.2) is 4.79 Å². The third kappa shape index (κ3) is 11.8. The Bertz CT molecular complexity index is 872. The zero-order valence-electron chi connectivity index (χ0n) is 19.2. The summed E-state index contributed by atoms with van der Waals surface area (Å²) in [6.07, 6.45) is 2.60. The first-order valence-electron chi connectivity index (χ1n) is 11.6. The quantitative estimate of drug-likeness (QED) is 0.200. The molecule has 0 spiro atoms. The van der Waals surface area contributed by atoms with Crippen LogP contribution in [0.1, 0.15) is 56.1 Å². The maximum absolute atomic E-state index is 12.1. The zero-order valence-corrected chi connectivity index (χ0v) is 19.2. The van der Waals surface area contributed by atoms with Gasteiger partial charge in [-0.1, -0.05) is 68.1 Å². The largest absolute Gasteiger partial charge is 0.494 e. The van der Waals surface area contributed by atoms with Gasteiger partial charge in [0, 0.05) is 13.1 Å². The summed E-state index contributed by atoms with van der Waals surface area (Å²) >= 11 is 0. The second-order valence-electron chi connectivity index (χ2n) is 8.04. The monoisotopic (exact) mass is 479 g/mol. The minimum atomic E-state index is -5.17. The van der Waals surface area contributed by atoms with Crippen LogP contribution in [0.15, 0.2) is 54.6 Å². The number of unbranched alkanes of at least 4 members (excludes halogenated alkanes) is 5. The molecule has 2 aromatic rings. The van der Waals surface area contributed by atoms with Crippen LogP contribution in [-0.4, -0.2) is 31.3 Å². The van der Waals surface area contributed by atoms with Gasteiger partial charge < -0.3 is 14.8 Å². The summed E-state index contributed by atoms with van der Waals surface area (Å²) in [6, 6.07) is 18.0. The Morgan fingerprint density at radius 1 is 0.824 bits per heavy atom. The van der Waals surface area contributed by atoms with E-state index in [0.29, 0.717) is 13.2 Å². The van der Waals surface area contributed by atoms with Crippen molar-refractivity contribution >= 4 is 11.9 Å². The number of ether oxygens (including phenoxy) is 2. The Morgan fingerprint density at radius 3 is 2.24 bits per heavy atom. The highest BCUT2D eigenvalue weighted by molar-refractivity contribution is 5.88. The Hall–Kier alpha value is -2.87. The first-order valence-corrected chi connectivity index (χ1v) is 11.6. The summed E-state index contributed by atoms with van der Waals surface area (Å²) in [4.78, 5) is 21.9. The Labute approximate surface area is 198 Å². The molecule has 0 radical (unpaired) electrons. The van der Waals surface area contributed by atoms with Crippen molar-refractivity contribution in [1.29, 1.82) is 0 Å². The molecule has 0 amide bonds. The normalized spacial score (nSPS) is 11.3. The van der Waals surface area contributed by atoms with Crippen molar-refractivity contribution in [3.63, 3.8) is 0 Å². The molecule has 8 heteroatoms. The summed E-state index contributed by atoms with van der Waals surface area (Å²) < 4.78 is 45.7. The molecular weight excluding hydrogens is 447 g/mol. The third-order valence-electron chi connectivity index (χ3n) is 5.14. The van der Waals surface area contributed by atoms with E-state index in [1.54, 1.807) is 0 Å². The number of hydrogen-bond acceptors (Lipinski definition) is 5. The molecule has 0 aliphatic carbocycles. The molecule has 0 aliphatic rings. The third-order valence-corrected chi connectivity index (χ3v) is 5.14. The van der Waals surface area contributed by atoms with E-state index in [9.17, 15) is 22.8 Å². The van der Waals surface area contributed by atoms with E-state index < -0.39 is 18.1 Å². The van der Waals surface area contributed by atoms with E-state index in [1.165, 1.54) is 31.2 Å². The maximum Gasteiger partial charge on any atom is 0.491 e. The summed E-state index contributed by atoms with van der Waals surface area (Å²) in [5.74, 6) is -2.97. The lowest BCUT2D eigenvalue weighted by Crippen LogP contribution is -2.29. The Kier molecular flexibility index (Phi) is 12.2. The Morgan fingerprint density at radius 2 is 1.50 bits per heavy atom. The van der Waals surface area contributed by atoms with Crippen LogP contribution in [0.25, 0.3) is 0 Å². The van der Waals surface area contributed by atoms with Crippen LogP contribution in [0.3, 0.4) is 0 Å². The molecule has 2 aromatic carbocycles. The molecule has 5 nitrogen and oxygen atoms in total. The van der Waals surface area contributed by atoms with Gasteiger partial charge in [0.05, 0.1) is 13.0 Å². The highest BCUT2D eigenvalue weighted by Crippen LogP contribution is 2.17. The van der Waals surface area contributed by atoms with Crippen LogP contribution < -0.4 is 10.1 Å². The van der Waals surface area contributed by atoms with Crippen molar-refractivity contribution in [1.82, 2.24) is 5.32 Å². The number of hydrogen-bond donors (Lipinski definition) is 1. The maximum atomic E-state index is 12.1. The topological polar surface area (TPSA) is 64.6 Å². The van der Waals surface area contributed by atoms with E-state index in [-0.39, 0.29) is 13.0 Å². The van der Waals surface area contributed by atoms with Gasteiger partial charge in [0.2, 0.25) is 0 Å². The fourth-order valence-corrected chi connectivity index (χ4v) is 3.35. The minimum Gasteiger partial charge on any atom is -0.494 e. The second-order valence-corrected chi connectivity index (χ2v) is 8.04. The number of esters is 2. The molecule has 0 atom stereocenters. The van der Waals surface area contributed by atoms with Gasteiger partial charge in [-0.15, -0.1) is 0 Å². The fourth-order valence-electron chi connectivity index (χ4n) is 3.35. The van der Waals surface area contributed by atoms with Crippen molar-refractivity contribution in [3.05, 3.63) is 65.7 Å². The lowest BCUT2D eigenvalue weighted by Gasteiger charge is -2.09. The molecule has 186 valence electrons. The number of nitrogens with one attached hydrogen (secondary N) is 1. The molecular formula is C26H32F3NO4. The standard InChI is InChI=1S/C26H32F3NO4/c27-26(28,29)25(32)34-24(31)16-17-30-20-22-14-10-15-23(19-22)33-18-9-4-2-1-3-6-11-21-12-7-5-8-13-21/h5,7-8,10,12-15,19,30H,1-4,6,9,11,16-18,20H2. The van der Waals surface area contributed by atoms with Gasteiger partial charge >= 0.3 is 18.1 Å². The molecule has 0 bridgehead atoms.